The van der Waals surface area contributed by atoms with E-state index in [0.29, 0.717) is 19.5 Å². The van der Waals surface area contributed by atoms with Gasteiger partial charge >= 0.3 is 5.82 Å². The van der Waals surface area contributed by atoms with E-state index in [1.54, 1.807) is 6.07 Å². The Bertz CT molecular complexity index is 495. The van der Waals surface area contributed by atoms with Crippen LogP contribution in [0.2, 0.25) is 0 Å². The number of nitro groups is 1. The fraction of sp³-hybridized carbons (Fsp3) is 0.571. The first kappa shape index (κ1) is 15.2. The highest BCUT2D eigenvalue weighted by molar-refractivity contribution is 5.76. The summed E-state index contributed by atoms with van der Waals surface area (Å²) >= 11 is 0. The van der Waals surface area contributed by atoms with Crippen molar-refractivity contribution in [2.75, 3.05) is 31.1 Å². The van der Waals surface area contributed by atoms with Gasteiger partial charge in [0.25, 0.3) is 0 Å². The van der Waals surface area contributed by atoms with Crippen molar-refractivity contribution in [1.29, 1.82) is 0 Å². The zero-order valence-corrected chi connectivity index (χ0v) is 12.2. The van der Waals surface area contributed by atoms with E-state index in [9.17, 15) is 14.9 Å². The summed E-state index contributed by atoms with van der Waals surface area (Å²) in [4.78, 5) is 29.8. The number of rotatable bonds is 5. The van der Waals surface area contributed by atoms with Crippen LogP contribution in [-0.2, 0) is 4.79 Å². The van der Waals surface area contributed by atoms with Crippen LogP contribution in [0.5, 0.6) is 0 Å². The number of carbonyl (C=O) groups excluding carboxylic acids is 1. The third-order valence-corrected chi connectivity index (χ3v) is 3.66. The zero-order chi connectivity index (χ0) is 15.2. The van der Waals surface area contributed by atoms with Crippen LogP contribution < -0.4 is 4.90 Å². The lowest BCUT2D eigenvalue weighted by molar-refractivity contribution is -0.389. The second-order valence-electron chi connectivity index (χ2n) is 5.10. The third kappa shape index (κ3) is 3.90. The monoisotopic (exact) mass is 292 g/mol. The Labute approximate surface area is 123 Å². The Morgan fingerprint density at radius 3 is 2.57 bits per heavy atom. The Hall–Kier alpha value is -2.18. The highest BCUT2D eigenvalue weighted by Crippen LogP contribution is 2.18. The van der Waals surface area contributed by atoms with Crippen molar-refractivity contribution in [3.8, 4) is 0 Å². The normalized spacial score (nSPS) is 15.1. The van der Waals surface area contributed by atoms with Crippen molar-refractivity contribution in [2.24, 2.45) is 0 Å². The van der Waals surface area contributed by atoms with Crippen molar-refractivity contribution in [3.05, 3.63) is 28.4 Å². The van der Waals surface area contributed by atoms with E-state index in [4.69, 9.17) is 0 Å². The first-order valence-electron chi connectivity index (χ1n) is 7.25. The highest BCUT2D eigenvalue weighted by atomic mass is 16.6. The number of pyridine rings is 1. The molecular formula is C14H20N4O3. The summed E-state index contributed by atoms with van der Waals surface area (Å²) in [7, 11) is 0. The SMILES string of the molecule is CCCCC(=O)N1CCN(c2ccc([N+](=O)[O-])nc2)CC1. The molecule has 2 rings (SSSR count). The van der Waals surface area contributed by atoms with Crippen LogP contribution in [0.25, 0.3) is 0 Å². The van der Waals surface area contributed by atoms with E-state index >= 15 is 0 Å². The zero-order valence-electron chi connectivity index (χ0n) is 12.2. The molecule has 0 aliphatic carbocycles. The number of aromatic nitrogens is 1. The number of hydrogen-bond donors (Lipinski definition) is 0. The molecule has 7 nitrogen and oxygen atoms in total. The molecule has 1 saturated heterocycles. The number of hydrogen-bond acceptors (Lipinski definition) is 5. The lowest BCUT2D eigenvalue weighted by Gasteiger charge is -2.35. The average molecular weight is 292 g/mol. The fourth-order valence-corrected chi connectivity index (χ4v) is 2.37. The van der Waals surface area contributed by atoms with Gasteiger partial charge in [-0.2, -0.15) is 0 Å². The summed E-state index contributed by atoms with van der Waals surface area (Å²) in [6.07, 6.45) is 4.10. The van der Waals surface area contributed by atoms with Gasteiger partial charge in [0.1, 0.15) is 0 Å². The van der Waals surface area contributed by atoms with E-state index in [-0.39, 0.29) is 11.7 Å². The second kappa shape index (κ2) is 7.01. The van der Waals surface area contributed by atoms with Crippen LogP contribution >= 0.6 is 0 Å². The second-order valence-corrected chi connectivity index (χ2v) is 5.10. The summed E-state index contributed by atoms with van der Waals surface area (Å²) in [6.45, 7) is 4.93. The van der Waals surface area contributed by atoms with E-state index in [2.05, 4.69) is 16.8 Å². The minimum absolute atomic E-state index is 0.146. The molecule has 0 radical (unpaired) electrons. The minimum Gasteiger partial charge on any atom is -0.365 e. The van der Waals surface area contributed by atoms with Crippen molar-refractivity contribution < 1.29 is 9.72 Å². The lowest BCUT2D eigenvalue weighted by Crippen LogP contribution is -2.48. The third-order valence-electron chi connectivity index (χ3n) is 3.66. The van der Waals surface area contributed by atoms with E-state index < -0.39 is 4.92 Å². The van der Waals surface area contributed by atoms with E-state index in [1.165, 1.54) is 12.3 Å². The molecule has 0 saturated carbocycles. The lowest BCUT2D eigenvalue weighted by atomic mass is 10.2. The molecule has 0 unspecified atom stereocenters. The molecule has 0 N–H and O–H groups in total. The molecule has 1 aromatic rings. The predicted octanol–water partition coefficient (Wildman–Crippen LogP) is 1.83. The van der Waals surface area contributed by atoms with E-state index in [0.717, 1.165) is 31.6 Å². The molecular weight excluding hydrogens is 272 g/mol. The van der Waals surface area contributed by atoms with Crippen LogP contribution in [-0.4, -0.2) is 46.9 Å². The van der Waals surface area contributed by atoms with Gasteiger partial charge in [0.15, 0.2) is 6.20 Å². The summed E-state index contributed by atoms with van der Waals surface area (Å²) in [5.74, 6) is 0.0745. The first-order chi connectivity index (χ1) is 10.1. The standard InChI is InChI=1S/C14H20N4O3/c1-2-3-4-14(19)17-9-7-16(8-10-17)12-5-6-13(15-11-12)18(20)21/h5-6,11H,2-4,7-10H2,1H3. The molecule has 0 aromatic carbocycles. The topological polar surface area (TPSA) is 79.6 Å². The number of nitrogens with zero attached hydrogens (tertiary/aromatic N) is 4. The maximum Gasteiger partial charge on any atom is 0.363 e. The van der Waals surface area contributed by atoms with Crippen LogP contribution in [0.3, 0.4) is 0 Å². The molecule has 0 bridgehead atoms. The molecule has 2 heterocycles. The molecule has 1 aromatic heterocycles. The molecule has 1 amide bonds. The number of amides is 1. The van der Waals surface area contributed by atoms with Crippen LogP contribution in [0.15, 0.2) is 18.3 Å². The van der Waals surface area contributed by atoms with Gasteiger partial charge < -0.3 is 19.9 Å². The van der Waals surface area contributed by atoms with Crippen molar-refractivity contribution in [2.45, 2.75) is 26.2 Å². The smallest absolute Gasteiger partial charge is 0.363 e. The largest absolute Gasteiger partial charge is 0.365 e. The van der Waals surface area contributed by atoms with Gasteiger partial charge in [0.2, 0.25) is 5.91 Å². The Morgan fingerprint density at radius 1 is 1.33 bits per heavy atom. The van der Waals surface area contributed by atoms with Gasteiger partial charge in [0, 0.05) is 38.7 Å². The predicted molar refractivity (Wildman–Crippen MR) is 79.2 cm³/mol. The molecule has 1 aliphatic heterocycles. The quantitative estimate of drug-likeness (QED) is 0.611. The van der Waals surface area contributed by atoms with Gasteiger partial charge in [-0.3, -0.25) is 4.79 Å². The summed E-state index contributed by atoms with van der Waals surface area (Å²) in [5.41, 5.74) is 0.862. The van der Waals surface area contributed by atoms with Gasteiger partial charge in [-0.05, 0) is 22.4 Å². The molecule has 21 heavy (non-hydrogen) atoms. The van der Waals surface area contributed by atoms with E-state index in [1.807, 2.05) is 4.90 Å². The molecule has 7 heteroatoms. The average Bonchev–Trinajstić information content (AvgIpc) is 2.53. The van der Waals surface area contributed by atoms with Gasteiger partial charge in [-0.15, -0.1) is 0 Å². The van der Waals surface area contributed by atoms with Crippen molar-refractivity contribution in [3.63, 3.8) is 0 Å². The Morgan fingerprint density at radius 2 is 2.05 bits per heavy atom. The van der Waals surface area contributed by atoms with Gasteiger partial charge in [0.05, 0.1) is 5.69 Å². The first-order valence-corrected chi connectivity index (χ1v) is 7.25. The van der Waals surface area contributed by atoms with Crippen molar-refractivity contribution >= 4 is 17.4 Å². The van der Waals surface area contributed by atoms with Gasteiger partial charge in [-0.25, -0.2) is 0 Å². The fourth-order valence-electron chi connectivity index (χ4n) is 2.37. The summed E-state index contributed by atoms with van der Waals surface area (Å²) < 4.78 is 0. The Kier molecular flexibility index (Phi) is 5.08. The molecule has 114 valence electrons. The summed E-state index contributed by atoms with van der Waals surface area (Å²) in [5, 5.41) is 10.6. The maximum absolute atomic E-state index is 11.9. The highest BCUT2D eigenvalue weighted by Gasteiger charge is 2.21. The number of anilines is 1. The minimum atomic E-state index is -0.506. The van der Waals surface area contributed by atoms with Gasteiger partial charge in [-0.1, -0.05) is 13.3 Å². The van der Waals surface area contributed by atoms with Crippen molar-refractivity contribution in [1.82, 2.24) is 9.88 Å². The Balaban J connectivity index is 1.88. The molecule has 0 spiro atoms. The molecule has 1 fully saturated rings. The number of carbonyl (C=O) groups is 1. The number of piperazine rings is 1. The molecule has 0 atom stereocenters. The number of unbranched alkanes of at least 4 members (excludes halogenated alkanes) is 1. The summed E-state index contributed by atoms with van der Waals surface area (Å²) in [6, 6.07) is 3.12. The van der Waals surface area contributed by atoms with Crippen LogP contribution in [0.4, 0.5) is 11.5 Å². The molecule has 1 aliphatic rings. The maximum atomic E-state index is 11.9. The van der Waals surface area contributed by atoms with Crippen LogP contribution in [0.1, 0.15) is 26.2 Å². The van der Waals surface area contributed by atoms with Crippen LogP contribution in [0, 0.1) is 10.1 Å².